The number of aromatic nitrogens is 1. The molecule has 0 saturated carbocycles. The van der Waals surface area contributed by atoms with Crippen LogP contribution in [0.25, 0.3) is 0 Å². The molecular weight excluding hydrogens is 330 g/mol. The van der Waals surface area contributed by atoms with Crippen molar-refractivity contribution in [1.82, 2.24) is 20.5 Å². The Bertz CT molecular complexity index is 638. The van der Waals surface area contributed by atoms with Gasteiger partial charge in [-0.3, -0.25) is 0 Å². The Morgan fingerprint density at radius 2 is 2.04 bits per heavy atom. The smallest absolute Gasteiger partial charge is 0.191 e. The van der Waals surface area contributed by atoms with Gasteiger partial charge < -0.3 is 15.5 Å². The normalized spacial score (nSPS) is 11.8. The first kappa shape index (κ1) is 19.4. The van der Waals surface area contributed by atoms with Crippen LogP contribution < -0.4 is 10.6 Å². The summed E-state index contributed by atoms with van der Waals surface area (Å²) in [5.74, 6) is 0.862. The highest BCUT2D eigenvalue weighted by Gasteiger charge is 2.02. The van der Waals surface area contributed by atoms with Gasteiger partial charge in [-0.2, -0.15) is 0 Å². The zero-order valence-corrected chi connectivity index (χ0v) is 16.3. The van der Waals surface area contributed by atoms with Gasteiger partial charge >= 0.3 is 0 Å². The van der Waals surface area contributed by atoms with E-state index in [4.69, 9.17) is 0 Å². The molecule has 0 amide bonds. The van der Waals surface area contributed by atoms with Crippen molar-refractivity contribution in [3.8, 4) is 0 Å². The minimum atomic E-state index is 0.627. The van der Waals surface area contributed by atoms with Crippen molar-refractivity contribution in [2.45, 2.75) is 33.4 Å². The fourth-order valence-electron chi connectivity index (χ4n) is 2.49. The molecule has 6 heteroatoms. The SMILES string of the molecule is CCNC(=NCc1ncc(C)s1)NCCCN(C)Cc1ccccc1. The highest BCUT2D eigenvalue weighted by Crippen LogP contribution is 2.11. The summed E-state index contributed by atoms with van der Waals surface area (Å²) in [6.07, 6.45) is 2.97. The lowest BCUT2D eigenvalue weighted by Crippen LogP contribution is -2.38. The lowest BCUT2D eigenvalue weighted by molar-refractivity contribution is 0.322. The van der Waals surface area contributed by atoms with Crippen LogP contribution in [-0.2, 0) is 13.1 Å². The molecule has 2 rings (SSSR count). The van der Waals surface area contributed by atoms with Crippen molar-refractivity contribution >= 4 is 17.3 Å². The van der Waals surface area contributed by atoms with Gasteiger partial charge in [0.05, 0.1) is 6.54 Å². The van der Waals surface area contributed by atoms with Gasteiger partial charge in [-0.25, -0.2) is 9.98 Å². The molecule has 0 bridgehead atoms. The first-order chi connectivity index (χ1) is 12.2. The second-order valence-corrected chi connectivity index (χ2v) is 7.38. The van der Waals surface area contributed by atoms with Crippen LogP contribution in [0.2, 0.25) is 0 Å². The fraction of sp³-hybridized carbons (Fsp3) is 0.474. The Morgan fingerprint density at radius 1 is 1.24 bits per heavy atom. The van der Waals surface area contributed by atoms with E-state index in [1.807, 2.05) is 6.20 Å². The summed E-state index contributed by atoms with van der Waals surface area (Å²) in [7, 11) is 2.16. The third kappa shape index (κ3) is 7.67. The zero-order valence-electron chi connectivity index (χ0n) is 15.5. The summed E-state index contributed by atoms with van der Waals surface area (Å²) in [6, 6.07) is 10.6. The van der Waals surface area contributed by atoms with Crippen molar-refractivity contribution in [2.24, 2.45) is 4.99 Å². The number of aryl methyl sites for hydroxylation is 1. The molecule has 2 aromatic rings. The largest absolute Gasteiger partial charge is 0.357 e. The number of benzene rings is 1. The Hall–Kier alpha value is -1.92. The molecule has 5 nitrogen and oxygen atoms in total. The summed E-state index contributed by atoms with van der Waals surface area (Å²) in [5.41, 5.74) is 1.35. The topological polar surface area (TPSA) is 52.6 Å². The molecule has 136 valence electrons. The van der Waals surface area contributed by atoms with E-state index in [1.54, 1.807) is 11.3 Å². The predicted molar refractivity (Wildman–Crippen MR) is 107 cm³/mol. The van der Waals surface area contributed by atoms with E-state index in [0.717, 1.165) is 43.6 Å². The molecule has 0 radical (unpaired) electrons. The number of hydrogen-bond acceptors (Lipinski definition) is 4. The minimum absolute atomic E-state index is 0.627. The van der Waals surface area contributed by atoms with E-state index < -0.39 is 0 Å². The van der Waals surface area contributed by atoms with E-state index in [-0.39, 0.29) is 0 Å². The molecule has 0 atom stereocenters. The van der Waals surface area contributed by atoms with Gasteiger partial charge in [-0.05, 0) is 39.4 Å². The summed E-state index contributed by atoms with van der Waals surface area (Å²) < 4.78 is 0. The monoisotopic (exact) mass is 359 g/mol. The number of nitrogens with zero attached hydrogens (tertiary/aromatic N) is 3. The quantitative estimate of drug-likeness (QED) is 0.410. The maximum atomic E-state index is 4.61. The second kappa shape index (κ2) is 10.8. The first-order valence-electron chi connectivity index (χ1n) is 8.83. The van der Waals surface area contributed by atoms with Crippen LogP contribution in [0.5, 0.6) is 0 Å². The standard InChI is InChI=1S/C19H29N5S/c1-4-20-19(23-14-18-22-13-16(2)25-18)21-11-8-12-24(3)15-17-9-6-5-7-10-17/h5-7,9-10,13H,4,8,11-12,14-15H2,1-3H3,(H2,20,21,23). The molecular formula is C19H29N5S. The van der Waals surface area contributed by atoms with Crippen LogP contribution in [-0.4, -0.2) is 42.5 Å². The average molecular weight is 360 g/mol. The van der Waals surface area contributed by atoms with Gasteiger partial charge in [0.2, 0.25) is 0 Å². The number of thiazole rings is 1. The third-order valence-corrected chi connectivity index (χ3v) is 4.59. The summed E-state index contributed by atoms with van der Waals surface area (Å²) in [4.78, 5) is 12.5. The van der Waals surface area contributed by atoms with Crippen LogP contribution in [0.4, 0.5) is 0 Å². The van der Waals surface area contributed by atoms with Crippen molar-refractivity contribution in [1.29, 1.82) is 0 Å². The second-order valence-electron chi connectivity index (χ2n) is 6.06. The fourth-order valence-corrected chi connectivity index (χ4v) is 3.20. The van der Waals surface area contributed by atoms with Crippen LogP contribution in [0, 0.1) is 6.92 Å². The number of aliphatic imine (C=N–C) groups is 1. The van der Waals surface area contributed by atoms with Crippen LogP contribution in [0.1, 0.15) is 28.8 Å². The van der Waals surface area contributed by atoms with E-state index in [1.165, 1.54) is 10.4 Å². The van der Waals surface area contributed by atoms with Gasteiger partial charge in [0.15, 0.2) is 5.96 Å². The van der Waals surface area contributed by atoms with Crippen LogP contribution in [0.15, 0.2) is 41.5 Å². The van der Waals surface area contributed by atoms with E-state index >= 15 is 0 Å². The maximum absolute atomic E-state index is 4.61. The van der Waals surface area contributed by atoms with E-state index in [9.17, 15) is 0 Å². The highest BCUT2D eigenvalue weighted by atomic mass is 32.1. The molecule has 1 heterocycles. The van der Waals surface area contributed by atoms with Crippen molar-refractivity contribution in [3.05, 3.63) is 52.0 Å². The molecule has 0 aliphatic carbocycles. The summed E-state index contributed by atoms with van der Waals surface area (Å²) >= 11 is 1.70. The Labute approximate surface area is 155 Å². The zero-order chi connectivity index (χ0) is 17.9. The van der Waals surface area contributed by atoms with Gasteiger partial charge in [-0.1, -0.05) is 30.3 Å². The molecule has 0 spiro atoms. The van der Waals surface area contributed by atoms with Gasteiger partial charge in [0.25, 0.3) is 0 Å². The lowest BCUT2D eigenvalue weighted by atomic mass is 10.2. The molecule has 25 heavy (non-hydrogen) atoms. The Kier molecular flexibility index (Phi) is 8.42. The van der Waals surface area contributed by atoms with Gasteiger partial charge in [0.1, 0.15) is 5.01 Å². The van der Waals surface area contributed by atoms with Crippen molar-refractivity contribution in [2.75, 3.05) is 26.7 Å². The molecule has 0 aliphatic heterocycles. The highest BCUT2D eigenvalue weighted by molar-refractivity contribution is 7.11. The molecule has 0 unspecified atom stereocenters. The molecule has 0 fully saturated rings. The third-order valence-electron chi connectivity index (χ3n) is 3.69. The summed E-state index contributed by atoms with van der Waals surface area (Å²) in [6.45, 7) is 8.57. The Balaban J connectivity index is 1.69. The summed E-state index contributed by atoms with van der Waals surface area (Å²) in [5, 5.41) is 7.75. The number of hydrogen-bond donors (Lipinski definition) is 2. The minimum Gasteiger partial charge on any atom is -0.357 e. The van der Waals surface area contributed by atoms with Crippen LogP contribution in [0.3, 0.4) is 0 Å². The molecule has 0 aliphatic rings. The van der Waals surface area contributed by atoms with Crippen molar-refractivity contribution < 1.29 is 0 Å². The lowest BCUT2D eigenvalue weighted by Gasteiger charge is -2.17. The van der Waals surface area contributed by atoms with Gasteiger partial charge in [0, 0.05) is 30.7 Å². The van der Waals surface area contributed by atoms with Crippen LogP contribution >= 0.6 is 11.3 Å². The average Bonchev–Trinajstić information content (AvgIpc) is 3.02. The molecule has 0 saturated heterocycles. The van der Waals surface area contributed by atoms with E-state index in [2.05, 4.69) is 76.7 Å². The molecule has 1 aromatic carbocycles. The van der Waals surface area contributed by atoms with Crippen molar-refractivity contribution in [3.63, 3.8) is 0 Å². The Morgan fingerprint density at radius 3 is 2.72 bits per heavy atom. The number of rotatable bonds is 9. The molecule has 1 aromatic heterocycles. The molecule has 2 N–H and O–H groups in total. The number of guanidine groups is 1. The number of nitrogens with one attached hydrogen (secondary N) is 2. The maximum Gasteiger partial charge on any atom is 0.191 e. The first-order valence-corrected chi connectivity index (χ1v) is 9.65. The van der Waals surface area contributed by atoms with Gasteiger partial charge in [-0.15, -0.1) is 11.3 Å². The predicted octanol–water partition coefficient (Wildman–Crippen LogP) is 3.03. The van der Waals surface area contributed by atoms with E-state index in [0.29, 0.717) is 6.54 Å².